The molecular weight excluding hydrogens is 230 g/mol. The van der Waals surface area contributed by atoms with E-state index in [4.69, 9.17) is 5.73 Å². The highest BCUT2D eigenvalue weighted by molar-refractivity contribution is 9.10. The molecule has 2 rings (SSSR count). The topological polar surface area (TPSA) is 43.8 Å². The molecule has 0 bridgehead atoms. The van der Waals surface area contributed by atoms with E-state index in [1.165, 1.54) is 19.3 Å². The number of hydrogen-bond donors (Lipinski definition) is 1. The Bertz CT molecular complexity index is 295. The molecule has 0 amide bonds. The maximum atomic E-state index is 5.64. The Balaban J connectivity index is 2.09. The van der Waals surface area contributed by atoms with Gasteiger partial charge in [-0.2, -0.15) is 5.10 Å². The first-order valence-corrected chi connectivity index (χ1v) is 5.37. The van der Waals surface area contributed by atoms with Gasteiger partial charge in [0.25, 0.3) is 0 Å². The lowest BCUT2D eigenvalue weighted by Gasteiger charge is -2.38. The van der Waals surface area contributed by atoms with E-state index in [0.717, 1.165) is 11.0 Å². The smallest absolute Gasteiger partial charge is 0.159 e. The van der Waals surface area contributed by atoms with Gasteiger partial charge in [-0.05, 0) is 34.2 Å². The van der Waals surface area contributed by atoms with Gasteiger partial charge in [-0.25, -0.2) is 0 Å². The van der Waals surface area contributed by atoms with Crippen molar-refractivity contribution in [1.29, 1.82) is 0 Å². The predicted octanol–water partition coefficient (Wildman–Crippen LogP) is 2.42. The molecule has 2 N–H and O–H groups in total. The molecule has 0 aliphatic heterocycles. The van der Waals surface area contributed by atoms with Crippen LogP contribution in [0.3, 0.4) is 0 Å². The highest BCUT2D eigenvalue weighted by Crippen LogP contribution is 2.41. The average Bonchev–Trinajstić information content (AvgIpc) is 2.28. The molecule has 1 heterocycles. The van der Waals surface area contributed by atoms with E-state index in [-0.39, 0.29) is 0 Å². The number of anilines is 1. The maximum absolute atomic E-state index is 5.64. The zero-order valence-corrected chi connectivity index (χ0v) is 9.34. The third-order valence-electron chi connectivity index (χ3n) is 2.85. The Morgan fingerprint density at radius 1 is 1.69 bits per heavy atom. The number of nitrogens with zero attached hydrogens (tertiary/aromatic N) is 2. The molecule has 0 aromatic carbocycles. The minimum atomic E-state index is 0.456. The van der Waals surface area contributed by atoms with Crippen LogP contribution in [0.15, 0.2) is 10.7 Å². The Morgan fingerprint density at radius 3 is 2.77 bits per heavy atom. The molecule has 1 aliphatic carbocycles. The Morgan fingerprint density at radius 2 is 2.38 bits per heavy atom. The van der Waals surface area contributed by atoms with Crippen molar-refractivity contribution < 1.29 is 0 Å². The van der Waals surface area contributed by atoms with E-state index in [9.17, 15) is 0 Å². The molecule has 72 valence electrons. The molecule has 1 aromatic rings. The predicted molar refractivity (Wildman–Crippen MR) is 56.3 cm³/mol. The minimum Gasteiger partial charge on any atom is -0.381 e. The summed E-state index contributed by atoms with van der Waals surface area (Å²) in [6.45, 7) is 3.30. The lowest BCUT2D eigenvalue weighted by Crippen LogP contribution is -2.30. The second-order valence-corrected chi connectivity index (χ2v) is 5.08. The number of rotatable bonds is 2. The van der Waals surface area contributed by atoms with E-state index in [1.54, 1.807) is 0 Å². The van der Waals surface area contributed by atoms with E-state index in [2.05, 4.69) is 28.0 Å². The first-order valence-electron chi connectivity index (χ1n) is 4.58. The van der Waals surface area contributed by atoms with E-state index in [0.29, 0.717) is 11.2 Å². The standard InChI is InChI=1S/C9H14BrN3/c1-9(3-2-4-9)6-13-5-7(10)8(11)12-13/h5H,2-4,6H2,1H3,(H2,11,12). The van der Waals surface area contributed by atoms with Gasteiger partial charge in [0.1, 0.15) is 0 Å². The maximum Gasteiger partial charge on any atom is 0.159 e. The van der Waals surface area contributed by atoms with Gasteiger partial charge in [-0.1, -0.05) is 13.3 Å². The number of nitrogen functional groups attached to an aromatic ring is 1. The third-order valence-corrected chi connectivity index (χ3v) is 3.46. The van der Waals surface area contributed by atoms with Crippen LogP contribution in [-0.4, -0.2) is 9.78 Å². The molecule has 0 radical (unpaired) electrons. The van der Waals surface area contributed by atoms with E-state index in [1.807, 2.05) is 10.9 Å². The Labute approximate surface area is 86.4 Å². The zero-order chi connectivity index (χ0) is 9.47. The van der Waals surface area contributed by atoms with Crippen LogP contribution in [0.1, 0.15) is 26.2 Å². The third kappa shape index (κ3) is 1.73. The average molecular weight is 244 g/mol. The van der Waals surface area contributed by atoms with Crippen LogP contribution in [0.25, 0.3) is 0 Å². The highest BCUT2D eigenvalue weighted by Gasteiger charge is 2.32. The summed E-state index contributed by atoms with van der Waals surface area (Å²) in [5.74, 6) is 0.586. The molecular formula is C9H14BrN3. The summed E-state index contributed by atoms with van der Waals surface area (Å²) in [4.78, 5) is 0. The molecule has 3 nitrogen and oxygen atoms in total. The fourth-order valence-electron chi connectivity index (χ4n) is 1.82. The summed E-state index contributed by atoms with van der Waals surface area (Å²) in [5, 5.41) is 4.22. The number of aromatic nitrogens is 2. The summed E-state index contributed by atoms with van der Waals surface area (Å²) in [6.07, 6.45) is 5.93. The van der Waals surface area contributed by atoms with Gasteiger partial charge >= 0.3 is 0 Å². The molecule has 1 aromatic heterocycles. The molecule has 4 heteroatoms. The van der Waals surface area contributed by atoms with Crippen molar-refractivity contribution in [2.24, 2.45) is 5.41 Å². The quantitative estimate of drug-likeness (QED) is 0.868. The second-order valence-electron chi connectivity index (χ2n) is 4.22. The molecule has 13 heavy (non-hydrogen) atoms. The van der Waals surface area contributed by atoms with Crippen LogP contribution >= 0.6 is 15.9 Å². The summed E-state index contributed by atoms with van der Waals surface area (Å²) in [5.41, 5.74) is 6.10. The summed E-state index contributed by atoms with van der Waals surface area (Å²) < 4.78 is 2.84. The molecule has 1 fully saturated rings. The molecule has 0 unspecified atom stereocenters. The molecule has 0 atom stereocenters. The van der Waals surface area contributed by atoms with Gasteiger partial charge in [-0.3, -0.25) is 4.68 Å². The van der Waals surface area contributed by atoms with Gasteiger partial charge < -0.3 is 5.73 Å². The van der Waals surface area contributed by atoms with Crippen LogP contribution < -0.4 is 5.73 Å². The van der Waals surface area contributed by atoms with Gasteiger partial charge in [0.05, 0.1) is 4.47 Å². The lowest BCUT2D eigenvalue weighted by molar-refractivity contribution is 0.126. The molecule has 1 saturated carbocycles. The van der Waals surface area contributed by atoms with Crippen molar-refractivity contribution in [2.75, 3.05) is 5.73 Å². The minimum absolute atomic E-state index is 0.456. The van der Waals surface area contributed by atoms with Crippen LogP contribution in [-0.2, 0) is 6.54 Å². The second kappa shape index (κ2) is 3.01. The van der Waals surface area contributed by atoms with Gasteiger partial charge in [0, 0.05) is 12.7 Å². The highest BCUT2D eigenvalue weighted by atomic mass is 79.9. The largest absolute Gasteiger partial charge is 0.381 e. The fourth-order valence-corrected chi connectivity index (χ4v) is 2.14. The van der Waals surface area contributed by atoms with E-state index >= 15 is 0 Å². The monoisotopic (exact) mass is 243 g/mol. The normalized spacial score (nSPS) is 19.8. The summed E-state index contributed by atoms with van der Waals surface area (Å²) >= 11 is 3.36. The van der Waals surface area contributed by atoms with Crippen molar-refractivity contribution >= 4 is 21.7 Å². The first-order chi connectivity index (χ1) is 6.09. The lowest BCUT2D eigenvalue weighted by atomic mass is 9.70. The van der Waals surface area contributed by atoms with Crippen molar-refractivity contribution in [3.8, 4) is 0 Å². The van der Waals surface area contributed by atoms with Crippen LogP contribution in [0, 0.1) is 5.41 Å². The van der Waals surface area contributed by atoms with Crippen molar-refractivity contribution in [1.82, 2.24) is 9.78 Å². The summed E-state index contributed by atoms with van der Waals surface area (Å²) in [7, 11) is 0. The Hall–Kier alpha value is -0.510. The molecule has 0 spiro atoms. The van der Waals surface area contributed by atoms with Crippen molar-refractivity contribution in [2.45, 2.75) is 32.7 Å². The molecule has 1 aliphatic rings. The summed E-state index contributed by atoms with van der Waals surface area (Å²) in [6, 6.07) is 0. The van der Waals surface area contributed by atoms with E-state index < -0.39 is 0 Å². The number of nitrogens with two attached hydrogens (primary N) is 1. The fraction of sp³-hybridized carbons (Fsp3) is 0.667. The number of hydrogen-bond acceptors (Lipinski definition) is 2. The zero-order valence-electron chi connectivity index (χ0n) is 7.76. The van der Waals surface area contributed by atoms with Crippen molar-refractivity contribution in [3.05, 3.63) is 10.7 Å². The molecule has 0 saturated heterocycles. The SMILES string of the molecule is CC1(Cn2cc(Br)c(N)n2)CCC1. The van der Waals surface area contributed by atoms with Crippen LogP contribution in [0.4, 0.5) is 5.82 Å². The number of halogens is 1. The van der Waals surface area contributed by atoms with Gasteiger partial charge in [0.2, 0.25) is 0 Å². The van der Waals surface area contributed by atoms with Gasteiger partial charge in [-0.15, -0.1) is 0 Å². The van der Waals surface area contributed by atoms with Gasteiger partial charge in [0.15, 0.2) is 5.82 Å². The Kier molecular flexibility index (Phi) is 2.10. The van der Waals surface area contributed by atoms with Crippen molar-refractivity contribution in [3.63, 3.8) is 0 Å². The van der Waals surface area contributed by atoms with Crippen LogP contribution in [0.5, 0.6) is 0 Å². The van der Waals surface area contributed by atoms with Crippen LogP contribution in [0.2, 0.25) is 0 Å². The first kappa shape index (κ1) is 9.06.